The van der Waals surface area contributed by atoms with Crippen LogP contribution in [0.25, 0.3) is 16.6 Å². The van der Waals surface area contributed by atoms with E-state index in [-0.39, 0.29) is 16.9 Å². The molecule has 1 atom stereocenters. The van der Waals surface area contributed by atoms with Crippen molar-refractivity contribution in [3.8, 4) is 5.69 Å². The van der Waals surface area contributed by atoms with Crippen molar-refractivity contribution in [2.45, 2.75) is 39.2 Å². The van der Waals surface area contributed by atoms with Crippen LogP contribution < -0.4 is 5.56 Å². The second-order valence-electron chi connectivity index (χ2n) is 9.52. The lowest BCUT2D eigenvalue weighted by Gasteiger charge is -2.27. The van der Waals surface area contributed by atoms with Crippen molar-refractivity contribution in [1.82, 2.24) is 14.5 Å². The van der Waals surface area contributed by atoms with Gasteiger partial charge >= 0.3 is 0 Å². The molecule has 1 heterocycles. The minimum Gasteiger partial charge on any atom is -0.332 e. The van der Waals surface area contributed by atoms with Crippen LogP contribution in [0.4, 0.5) is 0 Å². The molecule has 1 aromatic heterocycles. The van der Waals surface area contributed by atoms with Crippen LogP contribution in [0.1, 0.15) is 55.5 Å². The zero-order valence-corrected chi connectivity index (χ0v) is 20.8. The minimum absolute atomic E-state index is 0.00440. The van der Waals surface area contributed by atoms with E-state index in [1.165, 1.54) is 0 Å². The molecule has 5 nitrogen and oxygen atoms in total. The molecule has 0 aliphatic heterocycles. The summed E-state index contributed by atoms with van der Waals surface area (Å²) in [7, 11) is 1.73. The number of carbonyl (C=O) groups excluding carboxylic acids is 1. The lowest BCUT2D eigenvalue weighted by Crippen LogP contribution is -2.35. The topological polar surface area (TPSA) is 55.2 Å². The summed E-state index contributed by atoms with van der Waals surface area (Å²) in [6.45, 7) is 8.29. The number of fused-ring (bicyclic) bond motifs is 1. The Morgan fingerprint density at radius 2 is 1.59 bits per heavy atom. The fraction of sp³-hybridized carbons (Fsp3) is 0.250. The molecule has 0 aliphatic rings. The number of amides is 1. The van der Waals surface area contributed by atoms with E-state index in [2.05, 4.69) is 20.8 Å². The van der Waals surface area contributed by atoms with Gasteiger partial charge < -0.3 is 4.90 Å². The third kappa shape index (κ3) is 4.48. The zero-order valence-electron chi connectivity index (χ0n) is 20.0. The fourth-order valence-electron chi connectivity index (χ4n) is 3.94. The summed E-state index contributed by atoms with van der Waals surface area (Å²) in [5.74, 6) is 0.339. The average molecular weight is 474 g/mol. The van der Waals surface area contributed by atoms with Gasteiger partial charge in [0.1, 0.15) is 5.82 Å². The Bertz CT molecular complexity index is 1400. The first kappa shape index (κ1) is 23.7. The molecule has 3 aromatic carbocycles. The van der Waals surface area contributed by atoms with Gasteiger partial charge in [-0.25, -0.2) is 4.98 Å². The Hall–Kier alpha value is -3.44. The highest BCUT2D eigenvalue weighted by atomic mass is 35.5. The highest BCUT2D eigenvalue weighted by molar-refractivity contribution is 6.30. The van der Waals surface area contributed by atoms with Gasteiger partial charge in [0.25, 0.3) is 11.5 Å². The van der Waals surface area contributed by atoms with Gasteiger partial charge in [0, 0.05) is 17.6 Å². The molecule has 4 aromatic rings. The van der Waals surface area contributed by atoms with Crippen molar-refractivity contribution in [1.29, 1.82) is 0 Å². The number of para-hydroxylation sites is 1. The van der Waals surface area contributed by atoms with Crippen molar-refractivity contribution < 1.29 is 4.79 Å². The van der Waals surface area contributed by atoms with Crippen molar-refractivity contribution >= 4 is 28.4 Å². The number of halogens is 1. The Morgan fingerprint density at radius 3 is 2.21 bits per heavy atom. The smallest absolute Gasteiger partial charge is 0.266 e. The van der Waals surface area contributed by atoms with Crippen molar-refractivity contribution in [2.75, 3.05) is 7.05 Å². The maximum atomic E-state index is 13.5. The average Bonchev–Trinajstić information content (AvgIpc) is 2.83. The van der Waals surface area contributed by atoms with Crippen LogP contribution in [0.15, 0.2) is 77.6 Å². The van der Waals surface area contributed by atoms with Gasteiger partial charge in [-0.15, -0.1) is 0 Å². The Kier molecular flexibility index (Phi) is 6.32. The molecule has 0 fully saturated rings. The Morgan fingerprint density at radius 1 is 0.971 bits per heavy atom. The number of benzene rings is 3. The summed E-state index contributed by atoms with van der Waals surface area (Å²) in [6, 6.07) is 21.5. The van der Waals surface area contributed by atoms with E-state index < -0.39 is 6.04 Å². The largest absolute Gasteiger partial charge is 0.332 e. The molecule has 1 unspecified atom stereocenters. The van der Waals surface area contributed by atoms with E-state index in [1.54, 1.807) is 46.8 Å². The second kappa shape index (κ2) is 9.07. The summed E-state index contributed by atoms with van der Waals surface area (Å²) in [4.78, 5) is 33.3. The fourth-order valence-corrected chi connectivity index (χ4v) is 4.06. The zero-order chi connectivity index (χ0) is 24.6. The molecule has 1 amide bonds. The van der Waals surface area contributed by atoms with Gasteiger partial charge in [0.15, 0.2) is 0 Å². The van der Waals surface area contributed by atoms with Crippen LogP contribution in [0.2, 0.25) is 5.02 Å². The molecule has 6 heteroatoms. The summed E-state index contributed by atoms with van der Waals surface area (Å²) >= 11 is 6.08. The van der Waals surface area contributed by atoms with Gasteiger partial charge in [-0.3, -0.25) is 14.2 Å². The van der Waals surface area contributed by atoms with Crippen LogP contribution in [0, 0.1) is 0 Å². The number of carbonyl (C=O) groups is 1. The SMILES string of the molecule is CC(c1nc2ccccc2c(=O)n1-c1ccc(Cl)cc1)N(C)C(=O)c1ccc(C(C)(C)C)cc1. The molecule has 174 valence electrons. The normalized spacial score (nSPS) is 12.5. The van der Waals surface area contributed by atoms with Crippen LogP contribution in [-0.4, -0.2) is 27.4 Å². The molecule has 34 heavy (non-hydrogen) atoms. The first-order chi connectivity index (χ1) is 16.1. The molecular weight excluding hydrogens is 446 g/mol. The minimum atomic E-state index is -0.470. The molecule has 0 radical (unpaired) electrons. The molecule has 0 saturated heterocycles. The summed E-state index contributed by atoms with van der Waals surface area (Å²) in [6.07, 6.45) is 0. The number of rotatable bonds is 4. The molecule has 0 saturated carbocycles. The highest BCUT2D eigenvalue weighted by Gasteiger charge is 2.25. The third-order valence-electron chi connectivity index (χ3n) is 6.16. The molecule has 0 spiro atoms. The van der Waals surface area contributed by atoms with E-state index in [1.807, 2.05) is 49.4 Å². The van der Waals surface area contributed by atoms with Gasteiger partial charge in [0.2, 0.25) is 0 Å². The second-order valence-corrected chi connectivity index (χ2v) is 9.96. The molecule has 4 rings (SSSR count). The third-order valence-corrected chi connectivity index (χ3v) is 6.41. The van der Waals surface area contributed by atoms with Crippen LogP contribution in [-0.2, 0) is 5.41 Å². The number of hydrogen-bond acceptors (Lipinski definition) is 3. The summed E-state index contributed by atoms with van der Waals surface area (Å²) in [5.41, 5.74) is 2.80. The van der Waals surface area contributed by atoms with Gasteiger partial charge in [-0.2, -0.15) is 0 Å². The van der Waals surface area contributed by atoms with Gasteiger partial charge in [-0.1, -0.05) is 56.6 Å². The Labute approximate surface area is 204 Å². The van der Waals surface area contributed by atoms with Crippen molar-refractivity contribution in [3.05, 3.63) is 105 Å². The number of hydrogen-bond donors (Lipinski definition) is 0. The number of nitrogens with zero attached hydrogens (tertiary/aromatic N) is 3. The maximum Gasteiger partial charge on any atom is 0.266 e. The van der Waals surface area contributed by atoms with E-state index in [0.29, 0.717) is 33.0 Å². The first-order valence-corrected chi connectivity index (χ1v) is 11.6. The quantitative estimate of drug-likeness (QED) is 0.356. The highest BCUT2D eigenvalue weighted by Crippen LogP contribution is 2.26. The Balaban J connectivity index is 1.79. The predicted molar refractivity (Wildman–Crippen MR) is 138 cm³/mol. The standard InChI is InChI=1S/C28H28ClN3O2/c1-18(31(5)26(33)19-10-12-20(13-11-19)28(2,3)4)25-30-24-9-7-6-8-23(24)27(34)32(25)22-16-14-21(29)15-17-22/h6-18H,1-5H3. The van der Waals surface area contributed by atoms with Crippen molar-refractivity contribution in [3.63, 3.8) is 0 Å². The number of aromatic nitrogens is 2. The van der Waals surface area contributed by atoms with Gasteiger partial charge in [-0.05, 0) is 66.4 Å². The molecular formula is C28H28ClN3O2. The molecule has 0 aliphatic carbocycles. The molecule has 0 N–H and O–H groups in total. The van der Waals surface area contributed by atoms with Crippen LogP contribution in [0.5, 0.6) is 0 Å². The summed E-state index contributed by atoms with van der Waals surface area (Å²) < 4.78 is 1.57. The lowest BCUT2D eigenvalue weighted by atomic mass is 9.86. The van der Waals surface area contributed by atoms with Crippen LogP contribution in [0.3, 0.4) is 0 Å². The van der Waals surface area contributed by atoms with Gasteiger partial charge in [0.05, 0.1) is 22.6 Å². The predicted octanol–water partition coefficient (Wildman–Crippen LogP) is 6.17. The monoisotopic (exact) mass is 473 g/mol. The lowest BCUT2D eigenvalue weighted by molar-refractivity contribution is 0.0735. The van der Waals surface area contributed by atoms with E-state index in [9.17, 15) is 9.59 Å². The van der Waals surface area contributed by atoms with E-state index in [0.717, 1.165) is 5.56 Å². The van der Waals surface area contributed by atoms with E-state index in [4.69, 9.17) is 16.6 Å². The molecule has 0 bridgehead atoms. The van der Waals surface area contributed by atoms with Crippen LogP contribution >= 0.6 is 11.6 Å². The first-order valence-electron chi connectivity index (χ1n) is 11.2. The summed E-state index contributed by atoms with van der Waals surface area (Å²) in [5, 5.41) is 1.09. The van der Waals surface area contributed by atoms with Crippen molar-refractivity contribution in [2.24, 2.45) is 0 Å². The maximum absolute atomic E-state index is 13.5. The van der Waals surface area contributed by atoms with E-state index >= 15 is 0 Å².